The van der Waals surface area contributed by atoms with Gasteiger partial charge in [0.1, 0.15) is 23.2 Å². The number of nitrogens with two attached hydrogens (primary N) is 1. The van der Waals surface area contributed by atoms with E-state index in [1.54, 1.807) is 0 Å². The second kappa shape index (κ2) is 6.33. The maximum Gasteiger partial charge on any atom is 0.288 e. The lowest BCUT2D eigenvalue weighted by molar-refractivity contribution is -0.384. The maximum absolute atomic E-state index is 10.7. The van der Waals surface area contributed by atoms with Crippen molar-refractivity contribution in [3.05, 3.63) is 45.2 Å². The van der Waals surface area contributed by atoms with Gasteiger partial charge in [-0.2, -0.15) is 4.98 Å². The smallest absolute Gasteiger partial charge is 0.288 e. The Morgan fingerprint density at radius 3 is 2.76 bits per heavy atom. The molecule has 0 spiro atoms. The first-order chi connectivity index (χ1) is 9.99. The van der Waals surface area contributed by atoms with Gasteiger partial charge in [-0.1, -0.05) is 11.6 Å². The first-order valence-electron chi connectivity index (χ1n) is 5.73. The molecule has 0 atom stereocenters. The van der Waals surface area contributed by atoms with Crippen molar-refractivity contribution in [2.24, 2.45) is 0 Å². The van der Waals surface area contributed by atoms with Crippen molar-refractivity contribution in [3.8, 4) is 11.6 Å². The predicted molar refractivity (Wildman–Crippen MR) is 75.3 cm³/mol. The summed E-state index contributed by atoms with van der Waals surface area (Å²) in [6.07, 6.45) is 0. The van der Waals surface area contributed by atoms with Gasteiger partial charge < -0.3 is 15.2 Å². The molecule has 0 aliphatic heterocycles. The molecule has 1 heterocycles. The highest BCUT2D eigenvalue weighted by Crippen LogP contribution is 2.30. The molecule has 0 radical (unpaired) electrons. The number of anilines is 1. The molecule has 0 bridgehead atoms. The molecule has 0 aliphatic carbocycles. The van der Waals surface area contributed by atoms with Crippen molar-refractivity contribution in [1.82, 2.24) is 9.97 Å². The lowest BCUT2D eigenvalue weighted by Crippen LogP contribution is -2.02. The Labute approximate surface area is 124 Å². The van der Waals surface area contributed by atoms with E-state index in [2.05, 4.69) is 9.97 Å². The lowest BCUT2D eigenvalue weighted by Gasteiger charge is -2.07. The molecule has 0 saturated heterocycles. The van der Waals surface area contributed by atoms with E-state index in [1.165, 1.54) is 31.4 Å². The van der Waals surface area contributed by atoms with Gasteiger partial charge in [0.05, 0.1) is 4.92 Å². The molecular formula is C12H11ClN4O4. The van der Waals surface area contributed by atoms with E-state index >= 15 is 0 Å². The number of hydrogen-bond acceptors (Lipinski definition) is 7. The van der Waals surface area contributed by atoms with Crippen LogP contribution >= 0.6 is 11.6 Å². The minimum atomic E-state index is -0.578. The summed E-state index contributed by atoms with van der Waals surface area (Å²) in [5.74, 6) is 1.08. The van der Waals surface area contributed by atoms with Crippen LogP contribution in [0.1, 0.15) is 5.82 Å². The highest BCUT2D eigenvalue weighted by molar-refractivity contribution is 6.32. The quantitative estimate of drug-likeness (QED) is 0.666. The zero-order valence-corrected chi connectivity index (χ0v) is 11.7. The van der Waals surface area contributed by atoms with Crippen molar-refractivity contribution in [3.63, 3.8) is 0 Å². The largest absolute Gasteiger partial charge is 0.439 e. The Hall–Kier alpha value is -2.45. The van der Waals surface area contributed by atoms with E-state index in [4.69, 9.17) is 26.8 Å². The normalized spacial score (nSPS) is 10.4. The Morgan fingerprint density at radius 1 is 1.38 bits per heavy atom. The number of halogens is 1. The zero-order chi connectivity index (χ0) is 15.4. The van der Waals surface area contributed by atoms with Crippen LogP contribution in [0.2, 0.25) is 5.02 Å². The summed E-state index contributed by atoms with van der Waals surface area (Å²) in [6, 6.07) is 5.42. The van der Waals surface area contributed by atoms with E-state index in [0.29, 0.717) is 11.6 Å². The fourth-order valence-corrected chi connectivity index (χ4v) is 1.80. The number of benzene rings is 1. The molecular weight excluding hydrogens is 300 g/mol. The van der Waals surface area contributed by atoms with Gasteiger partial charge in [-0.3, -0.25) is 10.1 Å². The van der Waals surface area contributed by atoms with Crippen LogP contribution in [0.3, 0.4) is 0 Å². The Kier molecular flexibility index (Phi) is 4.51. The molecule has 2 N–H and O–H groups in total. The highest BCUT2D eigenvalue weighted by Gasteiger charge is 2.13. The number of rotatable bonds is 5. The van der Waals surface area contributed by atoms with E-state index in [0.717, 1.165) is 0 Å². The number of nitro benzene ring substituents is 1. The monoisotopic (exact) mass is 310 g/mol. The number of nitrogens with zero attached hydrogens (tertiary/aromatic N) is 3. The van der Waals surface area contributed by atoms with E-state index in [1.807, 2.05) is 0 Å². The molecule has 0 fully saturated rings. The molecule has 1 aromatic carbocycles. The van der Waals surface area contributed by atoms with Gasteiger partial charge in [0, 0.05) is 25.3 Å². The average molecular weight is 311 g/mol. The fraction of sp³-hybridized carbons (Fsp3) is 0.167. The molecule has 21 heavy (non-hydrogen) atoms. The third-order valence-electron chi connectivity index (χ3n) is 2.38. The number of ether oxygens (including phenoxy) is 2. The van der Waals surface area contributed by atoms with Gasteiger partial charge in [0.25, 0.3) is 5.69 Å². The molecule has 110 valence electrons. The summed E-state index contributed by atoms with van der Waals surface area (Å²) >= 11 is 5.80. The van der Waals surface area contributed by atoms with Crippen molar-refractivity contribution in [1.29, 1.82) is 0 Å². The standard InChI is InChI=1S/C12H11ClN4O4/c1-20-6-11-15-10(14)5-12(16-11)21-7-2-3-9(17(18)19)8(13)4-7/h2-5H,6H2,1H3,(H2,14,15,16). The van der Waals surface area contributed by atoms with Crippen molar-refractivity contribution in [2.45, 2.75) is 6.61 Å². The van der Waals surface area contributed by atoms with Crippen LogP contribution in [0.4, 0.5) is 11.5 Å². The third kappa shape index (κ3) is 3.77. The molecule has 0 amide bonds. The SMILES string of the molecule is COCc1nc(N)cc(Oc2ccc([N+](=O)[O-])c(Cl)c2)n1. The van der Waals surface area contributed by atoms with Gasteiger partial charge in [-0.05, 0) is 6.07 Å². The Bertz CT molecular complexity index is 680. The average Bonchev–Trinajstić information content (AvgIpc) is 2.37. The van der Waals surface area contributed by atoms with Crippen molar-refractivity contribution >= 4 is 23.1 Å². The third-order valence-corrected chi connectivity index (χ3v) is 2.68. The van der Waals surface area contributed by atoms with Crippen LogP contribution in [-0.2, 0) is 11.3 Å². The first-order valence-corrected chi connectivity index (χ1v) is 6.11. The summed E-state index contributed by atoms with van der Waals surface area (Å²) in [5.41, 5.74) is 5.43. The van der Waals surface area contributed by atoms with Crippen LogP contribution in [0.25, 0.3) is 0 Å². The van der Waals surface area contributed by atoms with Gasteiger partial charge in [-0.15, -0.1) is 0 Å². The van der Waals surface area contributed by atoms with Gasteiger partial charge in [-0.25, -0.2) is 4.98 Å². The number of nitrogen functional groups attached to an aromatic ring is 1. The summed E-state index contributed by atoms with van der Waals surface area (Å²) in [7, 11) is 1.50. The molecule has 0 aliphatic rings. The van der Waals surface area contributed by atoms with Gasteiger partial charge >= 0.3 is 0 Å². The van der Waals surface area contributed by atoms with Crippen LogP contribution in [0.5, 0.6) is 11.6 Å². The Balaban J connectivity index is 2.25. The van der Waals surface area contributed by atoms with E-state index in [9.17, 15) is 10.1 Å². The van der Waals surface area contributed by atoms with Gasteiger partial charge in [0.2, 0.25) is 5.88 Å². The number of nitro groups is 1. The minimum Gasteiger partial charge on any atom is -0.439 e. The van der Waals surface area contributed by atoms with Gasteiger partial charge in [0.15, 0.2) is 5.82 Å². The predicted octanol–water partition coefficient (Wildman–Crippen LogP) is 2.56. The molecule has 8 nitrogen and oxygen atoms in total. The second-order valence-corrected chi connectivity index (χ2v) is 4.36. The minimum absolute atomic E-state index is 0.0309. The fourth-order valence-electron chi connectivity index (χ4n) is 1.56. The summed E-state index contributed by atoms with van der Waals surface area (Å²) < 4.78 is 10.4. The Morgan fingerprint density at radius 2 is 2.14 bits per heavy atom. The van der Waals surface area contributed by atoms with Crippen molar-refractivity contribution < 1.29 is 14.4 Å². The number of aromatic nitrogens is 2. The summed E-state index contributed by atoms with van der Waals surface area (Å²) in [6.45, 7) is 0.183. The molecule has 0 unspecified atom stereocenters. The molecule has 0 saturated carbocycles. The number of hydrogen-bond donors (Lipinski definition) is 1. The summed E-state index contributed by atoms with van der Waals surface area (Å²) in [5, 5.41) is 10.7. The summed E-state index contributed by atoms with van der Waals surface area (Å²) in [4.78, 5) is 18.2. The first kappa shape index (κ1) is 14.9. The molecule has 2 rings (SSSR count). The molecule has 9 heteroatoms. The van der Waals surface area contributed by atoms with Crippen LogP contribution in [0.15, 0.2) is 24.3 Å². The van der Waals surface area contributed by atoms with Crippen molar-refractivity contribution in [2.75, 3.05) is 12.8 Å². The molecule has 1 aromatic heterocycles. The maximum atomic E-state index is 10.7. The highest BCUT2D eigenvalue weighted by atomic mass is 35.5. The molecule has 2 aromatic rings. The topological polar surface area (TPSA) is 113 Å². The van der Waals surface area contributed by atoms with E-state index in [-0.39, 0.29) is 29.0 Å². The lowest BCUT2D eigenvalue weighted by atomic mass is 10.3. The van der Waals surface area contributed by atoms with Crippen LogP contribution in [-0.4, -0.2) is 22.0 Å². The van der Waals surface area contributed by atoms with Crippen LogP contribution in [0, 0.1) is 10.1 Å². The van der Waals surface area contributed by atoms with E-state index < -0.39 is 4.92 Å². The number of methoxy groups -OCH3 is 1. The van der Waals surface area contributed by atoms with Crippen LogP contribution < -0.4 is 10.5 Å². The zero-order valence-electron chi connectivity index (χ0n) is 10.9. The second-order valence-electron chi connectivity index (χ2n) is 3.95.